The Morgan fingerprint density at radius 1 is 0.905 bits per heavy atom. The molecule has 1 atom stereocenters. The number of fused-ring (bicyclic) bond motifs is 2. The Hall–Kier alpha value is -1.38. The minimum absolute atomic E-state index is 0.808. The molecule has 0 aromatic heterocycles. The van der Waals surface area contributed by atoms with E-state index in [0.717, 1.165) is 12.6 Å². The molecule has 0 radical (unpaired) electrons. The highest BCUT2D eigenvalue weighted by molar-refractivity contribution is 5.85. The van der Waals surface area contributed by atoms with Crippen LogP contribution in [0.25, 0.3) is 10.8 Å². The van der Waals surface area contributed by atoms with Gasteiger partial charge >= 0.3 is 0 Å². The van der Waals surface area contributed by atoms with Crippen LogP contribution in [0.2, 0.25) is 0 Å². The Balaban J connectivity index is 1.56. The second-order valence-electron chi connectivity index (χ2n) is 6.56. The third kappa shape index (κ3) is 2.70. The number of hydrogen-bond acceptors (Lipinski definition) is 2. The van der Waals surface area contributed by atoms with Crippen molar-refractivity contribution in [1.82, 2.24) is 9.80 Å². The molecule has 2 aromatic rings. The van der Waals surface area contributed by atoms with E-state index in [-0.39, 0.29) is 0 Å². The summed E-state index contributed by atoms with van der Waals surface area (Å²) in [5, 5.41) is 2.79. The quantitative estimate of drug-likeness (QED) is 0.830. The van der Waals surface area contributed by atoms with Gasteiger partial charge in [0.25, 0.3) is 0 Å². The van der Waals surface area contributed by atoms with Gasteiger partial charge in [-0.1, -0.05) is 42.5 Å². The van der Waals surface area contributed by atoms with Crippen LogP contribution in [0.15, 0.2) is 42.5 Å². The molecule has 2 saturated heterocycles. The van der Waals surface area contributed by atoms with Gasteiger partial charge in [-0.25, -0.2) is 0 Å². The van der Waals surface area contributed by atoms with Crippen molar-refractivity contribution >= 4 is 10.8 Å². The molecule has 4 rings (SSSR count). The third-order valence-corrected chi connectivity index (χ3v) is 5.16. The molecule has 0 aliphatic carbocycles. The molecule has 0 amide bonds. The van der Waals surface area contributed by atoms with Gasteiger partial charge in [-0.05, 0) is 55.2 Å². The molecule has 2 heteroatoms. The molecular formula is C19H24N2. The summed E-state index contributed by atoms with van der Waals surface area (Å²) >= 11 is 0. The first-order valence-corrected chi connectivity index (χ1v) is 8.33. The largest absolute Gasteiger partial charge is 0.299 e. The van der Waals surface area contributed by atoms with Gasteiger partial charge in [0, 0.05) is 19.1 Å². The van der Waals surface area contributed by atoms with E-state index < -0.39 is 0 Å². The average Bonchev–Trinajstić information content (AvgIpc) is 2.86. The summed E-state index contributed by atoms with van der Waals surface area (Å²) in [4.78, 5) is 5.39. The zero-order valence-corrected chi connectivity index (χ0v) is 12.7. The zero-order chi connectivity index (χ0) is 14.1. The van der Waals surface area contributed by atoms with Gasteiger partial charge in [0.05, 0.1) is 0 Å². The molecule has 2 nitrogen and oxygen atoms in total. The standard InChI is InChI=1S/C19H24N2/c1-2-10-19-16(6-1)7-3-8-17(19)14-20-11-5-13-21-12-4-9-18(21)15-20/h1-3,6-8,10,18H,4-5,9,11-15H2. The summed E-state index contributed by atoms with van der Waals surface area (Å²) in [5.74, 6) is 0. The van der Waals surface area contributed by atoms with E-state index in [9.17, 15) is 0 Å². The average molecular weight is 280 g/mol. The summed E-state index contributed by atoms with van der Waals surface area (Å²) in [6.45, 7) is 6.23. The Labute approximate surface area is 127 Å². The fourth-order valence-corrected chi connectivity index (χ4v) is 4.10. The van der Waals surface area contributed by atoms with Gasteiger partial charge in [0.1, 0.15) is 0 Å². The summed E-state index contributed by atoms with van der Waals surface area (Å²) < 4.78 is 0. The van der Waals surface area contributed by atoms with Crippen LogP contribution in [0.4, 0.5) is 0 Å². The van der Waals surface area contributed by atoms with Crippen LogP contribution in [-0.4, -0.2) is 42.0 Å². The molecule has 0 bridgehead atoms. The first-order valence-electron chi connectivity index (χ1n) is 8.33. The second-order valence-corrected chi connectivity index (χ2v) is 6.56. The van der Waals surface area contributed by atoms with E-state index in [4.69, 9.17) is 0 Å². The summed E-state index contributed by atoms with van der Waals surface area (Å²) in [6.07, 6.45) is 4.11. The van der Waals surface area contributed by atoms with Crippen molar-refractivity contribution in [2.45, 2.75) is 31.8 Å². The first kappa shape index (κ1) is 13.3. The maximum Gasteiger partial charge on any atom is 0.0240 e. The highest BCUT2D eigenvalue weighted by Gasteiger charge is 2.28. The molecule has 2 aromatic carbocycles. The monoisotopic (exact) mass is 280 g/mol. The van der Waals surface area contributed by atoms with Gasteiger partial charge in [-0.2, -0.15) is 0 Å². The van der Waals surface area contributed by atoms with Crippen LogP contribution in [0.1, 0.15) is 24.8 Å². The van der Waals surface area contributed by atoms with Crippen LogP contribution in [0.5, 0.6) is 0 Å². The molecule has 110 valence electrons. The summed E-state index contributed by atoms with van der Waals surface area (Å²) in [6, 6.07) is 16.3. The smallest absolute Gasteiger partial charge is 0.0240 e. The van der Waals surface area contributed by atoms with Crippen molar-refractivity contribution in [3.8, 4) is 0 Å². The molecule has 2 fully saturated rings. The van der Waals surface area contributed by atoms with Crippen molar-refractivity contribution in [3.05, 3.63) is 48.0 Å². The maximum atomic E-state index is 2.71. The van der Waals surface area contributed by atoms with E-state index >= 15 is 0 Å². The van der Waals surface area contributed by atoms with Gasteiger partial charge in [-0.3, -0.25) is 9.80 Å². The Morgan fingerprint density at radius 3 is 2.76 bits per heavy atom. The highest BCUT2D eigenvalue weighted by atomic mass is 15.3. The number of nitrogens with zero attached hydrogens (tertiary/aromatic N) is 2. The Bertz CT molecular complexity index is 616. The van der Waals surface area contributed by atoms with Crippen molar-refractivity contribution in [3.63, 3.8) is 0 Å². The lowest BCUT2D eigenvalue weighted by atomic mass is 10.0. The van der Waals surface area contributed by atoms with E-state index in [1.165, 1.54) is 61.8 Å². The summed E-state index contributed by atoms with van der Waals surface area (Å²) in [7, 11) is 0. The number of hydrogen-bond donors (Lipinski definition) is 0. The molecule has 21 heavy (non-hydrogen) atoms. The van der Waals surface area contributed by atoms with E-state index in [1.54, 1.807) is 0 Å². The van der Waals surface area contributed by atoms with Gasteiger partial charge in [-0.15, -0.1) is 0 Å². The molecule has 2 aliphatic heterocycles. The Morgan fingerprint density at radius 2 is 1.76 bits per heavy atom. The normalized spacial score (nSPS) is 24.1. The lowest BCUT2D eigenvalue weighted by molar-refractivity contribution is 0.216. The van der Waals surface area contributed by atoms with Crippen LogP contribution >= 0.6 is 0 Å². The Kier molecular flexibility index (Phi) is 3.66. The molecule has 0 saturated carbocycles. The topological polar surface area (TPSA) is 6.48 Å². The van der Waals surface area contributed by atoms with Gasteiger partial charge in [0.2, 0.25) is 0 Å². The molecule has 1 unspecified atom stereocenters. The van der Waals surface area contributed by atoms with Crippen LogP contribution in [0, 0.1) is 0 Å². The molecule has 2 aliphatic rings. The summed E-state index contributed by atoms with van der Waals surface area (Å²) in [5.41, 5.74) is 1.49. The lowest BCUT2D eigenvalue weighted by Gasteiger charge is -2.26. The van der Waals surface area contributed by atoms with Gasteiger partial charge < -0.3 is 0 Å². The second kappa shape index (κ2) is 5.78. The number of rotatable bonds is 2. The number of benzene rings is 2. The molecule has 0 spiro atoms. The van der Waals surface area contributed by atoms with Crippen molar-refractivity contribution in [1.29, 1.82) is 0 Å². The van der Waals surface area contributed by atoms with E-state index in [2.05, 4.69) is 52.3 Å². The fourth-order valence-electron chi connectivity index (χ4n) is 4.10. The van der Waals surface area contributed by atoms with Crippen molar-refractivity contribution in [2.75, 3.05) is 26.2 Å². The van der Waals surface area contributed by atoms with E-state index in [1.807, 2.05) is 0 Å². The first-order chi connectivity index (χ1) is 10.4. The molecular weight excluding hydrogens is 256 g/mol. The van der Waals surface area contributed by atoms with Crippen LogP contribution < -0.4 is 0 Å². The van der Waals surface area contributed by atoms with Crippen LogP contribution in [-0.2, 0) is 6.54 Å². The third-order valence-electron chi connectivity index (χ3n) is 5.16. The zero-order valence-electron chi connectivity index (χ0n) is 12.7. The minimum atomic E-state index is 0.808. The minimum Gasteiger partial charge on any atom is -0.299 e. The highest BCUT2D eigenvalue weighted by Crippen LogP contribution is 2.24. The fraction of sp³-hybridized carbons (Fsp3) is 0.474. The predicted molar refractivity (Wildman–Crippen MR) is 88.4 cm³/mol. The molecule has 2 heterocycles. The maximum absolute atomic E-state index is 2.71. The predicted octanol–water partition coefficient (Wildman–Crippen LogP) is 3.51. The molecule has 0 N–H and O–H groups in total. The van der Waals surface area contributed by atoms with Crippen molar-refractivity contribution in [2.24, 2.45) is 0 Å². The van der Waals surface area contributed by atoms with Gasteiger partial charge in [0.15, 0.2) is 0 Å². The SMILES string of the molecule is c1ccc2c(CN3CCCN4CCCC4C3)cccc2c1. The van der Waals surface area contributed by atoms with Crippen LogP contribution in [0.3, 0.4) is 0 Å². The lowest BCUT2D eigenvalue weighted by Crippen LogP contribution is -2.36. The van der Waals surface area contributed by atoms with E-state index in [0.29, 0.717) is 0 Å². The van der Waals surface area contributed by atoms with Crippen molar-refractivity contribution < 1.29 is 0 Å².